The van der Waals surface area contributed by atoms with Crippen molar-refractivity contribution in [1.29, 1.82) is 0 Å². The monoisotopic (exact) mass is 278 g/mol. The lowest BCUT2D eigenvalue weighted by molar-refractivity contribution is -0.161. The molecule has 2 aliphatic rings. The summed E-state index contributed by atoms with van der Waals surface area (Å²) in [6.45, 7) is 0.286. The number of methoxy groups -OCH3 is 1. The Morgan fingerprint density at radius 1 is 1.30 bits per heavy atom. The second kappa shape index (κ2) is 5.71. The molecule has 5 nitrogen and oxygen atoms in total. The Bertz CT molecular complexity index is 499. The molecule has 2 unspecified atom stereocenters. The van der Waals surface area contributed by atoms with E-state index in [0.717, 1.165) is 36.3 Å². The maximum Gasteiger partial charge on any atom is 0.308 e. The number of ether oxygens (including phenoxy) is 4. The van der Waals surface area contributed by atoms with Crippen LogP contribution in [-0.2, 0) is 20.7 Å². The second-order valence-electron chi connectivity index (χ2n) is 5.14. The van der Waals surface area contributed by atoms with Gasteiger partial charge in [0, 0.05) is 13.5 Å². The Hall–Kier alpha value is -1.75. The predicted octanol–water partition coefficient (Wildman–Crippen LogP) is 2.07. The van der Waals surface area contributed by atoms with Crippen molar-refractivity contribution in [3.63, 3.8) is 0 Å². The fraction of sp³-hybridized carbons (Fsp3) is 0.533. The minimum Gasteiger partial charge on any atom is -0.462 e. The van der Waals surface area contributed by atoms with Crippen molar-refractivity contribution in [3.8, 4) is 11.5 Å². The number of benzene rings is 1. The van der Waals surface area contributed by atoms with Gasteiger partial charge in [0.25, 0.3) is 0 Å². The number of carbonyl (C=O) groups is 1. The molecule has 3 rings (SSSR count). The van der Waals surface area contributed by atoms with Crippen LogP contribution in [0.25, 0.3) is 0 Å². The number of aryl methyl sites for hydroxylation is 1. The van der Waals surface area contributed by atoms with Crippen LogP contribution < -0.4 is 9.47 Å². The quantitative estimate of drug-likeness (QED) is 0.789. The molecule has 0 bridgehead atoms. The van der Waals surface area contributed by atoms with Crippen LogP contribution in [0.2, 0.25) is 0 Å². The van der Waals surface area contributed by atoms with Gasteiger partial charge in [-0.15, -0.1) is 0 Å². The average molecular weight is 278 g/mol. The van der Waals surface area contributed by atoms with Crippen LogP contribution >= 0.6 is 0 Å². The van der Waals surface area contributed by atoms with Crippen LogP contribution in [0.15, 0.2) is 18.2 Å². The first-order valence-corrected chi connectivity index (χ1v) is 6.85. The maximum atomic E-state index is 11.5. The SMILES string of the molecule is COC1CC(=O)OC(CCc2ccc3c(c2)OCO3)C1. The van der Waals surface area contributed by atoms with Gasteiger partial charge < -0.3 is 18.9 Å². The zero-order chi connectivity index (χ0) is 13.9. The maximum absolute atomic E-state index is 11.5. The Labute approximate surface area is 117 Å². The standard InChI is InChI=1S/C15H18O5/c1-17-12-7-11(20-15(16)8-12)4-2-10-3-5-13-14(6-10)19-9-18-13/h3,5-6,11-12H,2,4,7-9H2,1H3. The first-order valence-electron chi connectivity index (χ1n) is 6.85. The average Bonchev–Trinajstić information content (AvgIpc) is 2.92. The van der Waals surface area contributed by atoms with Crippen LogP contribution in [0.5, 0.6) is 11.5 Å². The summed E-state index contributed by atoms with van der Waals surface area (Å²) in [7, 11) is 1.64. The third-order valence-electron chi connectivity index (χ3n) is 3.74. The van der Waals surface area contributed by atoms with Gasteiger partial charge in [0.05, 0.1) is 12.5 Å². The fourth-order valence-corrected chi connectivity index (χ4v) is 2.63. The van der Waals surface area contributed by atoms with Crippen molar-refractivity contribution >= 4 is 5.97 Å². The second-order valence-corrected chi connectivity index (χ2v) is 5.14. The fourth-order valence-electron chi connectivity index (χ4n) is 2.63. The number of hydrogen-bond donors (Lipinski definition) is 0. The lowest BCUT2D eigenvalue weighted by atomic mass is 9.99. The van der Waals surface area contributed by atoms with E-state index in [4.69, 9.17) is 18.9 Å². The molecule has 0 amide bonds. The molecule has 0 spiro atoms. The molecule has 20 heavy (non-hydrogen) atoms. The molecule has 0 N–H and O–H groups in total. The smallest absolute Gasteiger partial charge is 0.308 e. The third-order valence-corrected chi connectivity index (χ3v) is 3.74. The van der Waals surface area contributed by atoms with Gasteiger partial charge in [-0.2, -0.15) is 0 Å². The minimum absolute atomic E-state index is 0.0157. The third kappa shape index (κ3) is 2.88. The molecule has 5 heteroatoms. The molecule has 108 valence electrons. The molecule has 2 aliphatic heterocycles. The van der Waals surface area contributed by atoms with Gasteiger partial charge in [-0.05, 0) is 30.5 Å². The van der Waals surface area contributed by atoms with Gasteiger partial charge in [-0.25, -0.2) is 0 Å². The highest BCUT2D eigenvalue weighted by molar-refractivity contribution is 5.71. The molecule has 0 aliphatic carbocycles. The van der Waals surface area contributed by atoms with E-state index < -0.39 is 0 Å². The largest absolute Gasteiger partial charge is 0.462 e. The van der Waals surface area contributed by atoms with Crippen molar-refractivity contribution in [2.45, 2.75) is 37.9 Å². The van der Waals surface area contributed by atoms with Crippen LogP contribution in [0.1, 0.15) is 24.8 Å². The number of fused-ring (bicyclic) bond motifs is 1. The predicted molar refractivity (Wildman–Crippen MR) is 70.8 cm³/mol. The van der Waals surface area contributed by atoms with Crippen molar-refractivity contribution in [2.75, 3.05) is 13.9 Å². The molecule has 0 saturated carbocycles. The van der Waals surface area contributed by atoms with Gasteiger partial charge in [-0.3, -0.25) is 4.79 Å². The first kappa shape index (κ1) is 13.2. The minimum atomic E-state index is -0.168. The Morgan fingerprint density at radius 2 is 2.15 bits per heavy atom. The first-order chi connectivity index (χ1) is 9.74. The zero-order valence-electron chi connectivity index (χ0n) is 11.5. The van der Waals surface area contributed by atoms with E-state index in [2.05, 4.69) is 0 Å². The van der Waals surface area contributed by atoms with Crippen LogP contribution in [0.4, 0.5) is 0 Å². The summed E-state index contributed by atoms with van der Waals surface area (Å²) in [5.74, 6) is 1.41. The molecule has 1 aromatic carbocycles. The van der Waals surface area contributed by atoms with Gasteiger partial charge in [0.2, 0.25) is 6.79 Å². The number of hydrogen-bond acceptors (Lipinski definition) is 5. The summed E-state index contributed by atoms with van der Waals surface area (Å²) >= 11 is 0. The highest BCUT2D eigenvalue weighted by Gasteiger charge is 2.28. The number of rotatable bonds is 4. The van der Waals surface area contributed by atoms with E-state index in [1.807, 2.05) is 18.2 Å². The zero-order valence-corrected chi connectivity index (χ0v) is 11.5. The highest BCUT2D eigenvalue weighted by atomic mass is 16.7. The molecule has 1 aromatic rings. The Morgan fingerprint density at radius 3 is 3.00 bits per heavy atom. The van der Waals surface area contributed by atoms with Crippen LogP contribution in [-0.4, -0.2) is 32.1 Å². The van der Waals surface area contributed by atoms with Crippen molar-refractivity contribution in [3.05, 3.63) is 23.8 Å². The van der Waals surface area contributed by atoms with Crippen LogP contribution in [0.3, 0.4) is 0 Å². The summed E-state index contributed by atoms with van der Waals surface area (Å²) in [5, 5.41) is 0. The molecule has 2 heterocycles. The molecular formula is C15H18O5. The van der Waals surface area contributed by atoms with Crippen molar-refractivity contribution < 1.29 is 23.7 Å². The molecule has 2 atom stereocenters. The number of cyclic esters (lactones) is 1. The van der Waals surface area contributed by atoms with E-state index >= 15 is 0 Å². The summed E-state index contributed by atoms with van der Waals surface area (Å²) in [6.07, 6.45) is 2.68. The summed E-state index contributed by atoms with van der Waals surface area (Å²) in [4.78, 5) is 11.5. The lowest BCUT2D eigenvalue weighted by Gasteiger charge is -2.28. The topological polar surface area (TPSA) is 54.0 Å². The Kier molecular flexibility index (Phi) is 3.78. The lowest BCUT2D eigenvalue weighted by Crippen LogP contribution is -2.33. The number of esters is 1. The summed E-state index contributed by atoms with van der Waals surface area (Å²) in [5.41, 5.74) is 1.16. The van der Waals surface area contributed by atoms with Gasteiger partial charge >= 0.3 is 5.97 Å². The molecular weight excluding hydrogens is 260 g/mol. The highest BCUT2D eigenvalue weighted by Crippen LogP contribution is 2.33. The summed E-state index contributed by atoms with van der Waals surface area (Å²) in [6, 6.07) is 5.93. The normalized spacial score (nSPS) is 24.6. The van der Waals surface area contributed by atoms with E-state index in [-0.39, 0.29) is 25.0 Å². The molecule has 0 aromatic heterocycles. The van der Waals surface area contributed by atoms with E-state index in [1.165, 1.54) is 0 Å². The van der Waals surface area contributed by atoms with Gasteiger partial charge in [0.1, 0.15) is 6.10 Å². The molecule has 0 radical (unpaired) electrons. The van der Waals surface area contributed by atoms with Gasteiger partial charge in [-0.1, -0.05) is 6.07 Å². The van der Waals surface area contributed by atoms with E-state index in [9.17, 15) is 4.79 Å². The van der Waals surface area contributed by atoms with E-state index in [1.54, 1.807) is 7.11 Å². The van der Waals surface area contributed by atoms with Crippen molar-refractivity contribution in [2.24, 2.45) is 0 Å². The number of carbonyl (C=O) groups excluding carboxylic acids is 1. The van der Waals surface area contributed by atoms with Crippen LogP contribution in [0, 0.1) is 0 Å². The summed E-state index contributed by atoms with van der Waals surface area (Å²) < 4.78 is 21.3. The molecule has 1 saturated heterocycles. The molecule has 1 fully saturated rings. The van der Waals surface area contributed by atoms with E-state index in [0.29, 0.717) is 6.42 Å². The Balaban J connectivity index is 1.57. The van der Waals surface area contributed by atoms with Crippen molar-refractivity contribution in [1.82, 2.24) is 0 Å². The van der Waals surface area contributed by atoms with Gasteiger partial charge in [0.15, 0.2) is 11.5 Å².